The zero-order valence-electron chi connectivity index (χ0n) is 17.7. The van der Waals surface area contributed by atoms with Crippen molar-refractivity contribution in [2.45, 2.75) is 58.0 Å². The lowest BCUT2D eigenvalue weighted by Gasteiger charge is -2.27. The molecule has 0 aliphatic carbocycles. The van der Waals surface area contributed by atoms with Gasteiger partial charge in [-0.25, -0.2) is 17.5 Å². The Morgan fingerprint density at radius 2 is 2.06 bits per heavy atom. The quantitative estimate of drug-likeness (QED) is 0.554. The van der Waals surface area contributed by atoms with E-state index in [0.717, 1.165) is 38.0 Å². The molecule has 2 aliphatic rings. The average molecular weight is 469 g/mol. The fraction of sp³-hybridized carbons (Fsp3) is 0.619. The number of nitrogens with zero attached hydrogens (tertiary/aromatic N) is 4. The lowest BCUT2D eigenvalue weighted by atomic mass is 10.2. The molecule has 1 aromatic heterocycles. The van der Waals surface area contributed by atoms with E-state index in [1.54, 1.807) is 16.8 Å². The first-order valence-corrected chi connectivity index (χ1v) is 13.1. The molecule has 3 heterocycles. The summed E-state index contributed by atoms with van der Waals surface area (Å²) in [6.45, 7) is 4.62. The minimum absolute atomic E-state index is 0.0237. The zero-order chi connectivity index (χ0) is 22.0. The lowest BCUT2D eigenvalue weighted by molar-refractivity contribution is 0.0965. The van der Waals surface area contributed by atoms with Crippen molar-refractivity contribution in [3.63, 3.8) is 0 Å². The van der Waals surface area contributed by atoms with Crippen LogP contribution in [0, 0.1) is 10.6 Å². The molecule has 7 nitrogen and oxygen atoms in total. The Balaban J connectivity index is 1.66. The van der Waals surface area contributed by atoms with Crippen LogP contribution < -0.4 is 0 Å². The van der Waals surface area contributed by atoms with Crippen molar-refractivity contribution >= 4 is 22.1 Å². The van der Waals surface area contributed by atoms with E-state index in [-0.39, 0.29) is 29.5 Å². The first kappa shape index (κ1) is 22.6. The third-order valence-corrected chi connectivity index (χ3v) is 8.17. The summed E-state index contributed by atoms with van der Waals surface area (Å²) in [7, 11) is -2.98. The predicted octanol–water partition coefficient (Wildman–Crippen LogP) is 3.26. The Morgan fingerprint density at radius 1 is 1.29 bits per heavy atom. The van der Waals surface area contributed by atoms with Gasteiger partial charge in [0, 0.05) is 18.2 Å². The topological polar surface area (TPSA) is 69.4 Å². The number of hydrogen-bond donors (Lipinski definition) is 0. The first-order valence-electron chi connectivity index (χ1n) is 10.9. The highest BCUT2D eigenvalue weighted by molar-refractivity contribution is 7.91. The van der Waals surface area contributed by atoms with Gasteiger partial charge < -0.3 is 4.74 Å². The molecule has 10 heteroatoms. The molecule has 2 aliphatic heterocycles. The number of hydrogen-bond acceptors (Lipinski definition) is 6. The van der Waals surface area contributed by atoms with E-state index in [0.29, 0.717) is 30.2 Å². The highest BCUT2D eigenvalue weighted by Crippen LogP contribution is 2.24. The molecule has 0 spiro atoms. The Morgan fingerprint density at radius 3 is 2.68 bits per heavy atom. The summed E-state index contributed by atoms with van der Waals surface area (Å²) in [5, 5.41) is 4.79. The number of ether oxygens (including phenoxy) is 1. The second-order valence-electron chi connectivity index (χ2n) is 8.37. The smallest absolute Gasteiger partial charge is 0.199 e. The third kappa shape index (κ3) is 5.24. The molecule has 2 aromatic rings. The van der Waals surface area contributed by atoms with Gasteiger partial charge in [0.2, 0.25) is 0 Å². The van der Waals surface area contributed by atoms with Crippen LogP contribution in [-0.4, -0.2) is 64.5 Å². The van der Waals surface area contributed by atoms with Crippen LogP contribution in [0.4, 0.5) is 4.39 Å². The summed E-state index contributed by atoms with van der Waals surface area (Å²) < 4.78 is 47.6. The van der Waals surface area contributed by atoms with E-state index < -0.39 is 9.84 Å². The molecule has 1 aromatic carbocycles. The van der Waals surface area contributed by atoms with Crippen molar-refractivity contribution < 1.29 is 17.5 Å². The Kier molecular flexibility index (Phi) is 6.90. The molecule has 2 saturated heterocycles. The maximum absolute atomic E-state index is 13.5. The molecule has 0 amide bonds. The van der Waals surface area contributed by atoms with Gasteiger partial charge in [-0.2, -0.15) is 5.10 Å². The summed E-state index contributed by atoms with van der Waals surface area (Å²) >= 11 is 5.78. The number of rotatable bonds is 8. The van der Waals surface area contributed by atoms with Crippen LogP contribution in [0.5, 0.6) is 0 Å². The van der Waals surface area contributed by atoms with Crippen LogP contribution in [0.1, 0.15) is 32.6 Å². The minimum Gasteiger partial charge on any atom is -0.376 e. The number of benzene rings is 1. The maximum atomic E-state index is 13.5. The van der Waals surface area contributed by atoms with E-state index >= 15 is 0 Å². The van der Waals surface area contributed by atoms with Gasteiger partial charge in [-0.05, 0) is 68.7 Å². The Labute approximate surface area is 187 Å². The highest BCUT2D eigenvalue weighted by atomic mass is 32.2. The van der Waals surface area contributed by atoms with Crippen LogP contribution >= 0.6 is 12.2 Å². The van der Waals surface area contributed by atoms with Crippen LogP contribution in [-0.2, 0) is 27.8 Å². The SMILES string of the molecule is CCCN(Cn1nc(-c2ccc(F)cc2)n(CC2CCCO2)c1=S)C1CCS(=O)(=O)C1. The van der Waals surface area contributed by atoms with E-state index in [4.69, 9.17) is 22.1 Å². The van der Waals surface area contributed by atoms with Crippen LogP contribution in [0.25, 0.3) is 11.4 Å². The van der Waals surface area contributed by atoms with Crippen molar-refractivity contribution in [1.82, 2.24) is 19.2 Å². The largest absolute Gasteiger partial charge is 0.376 e. The van der Waals surface area contributed by atoms with Gasteiger partial charge in [-0.15, -0.1) is 0 Å². The van der Waals surface area contributed by atoms with Crippen molar-refractivity contribution in [3.05, 3.63) is 34.9 Å². The van der Waals surface area contributed by atoms with Gasteiger partial charge in [0.1, 0.15) is 5.82 Å². The van der Waals surface area contributed by atoms with Gasteiger partial charge in [0.05, 0.1) is 30.8 Å². The Bertz CT molecular complexity index is 1060. The standard InChI is InChI=1S/C21H29FN4O3S2/c1-2-10-24(18-9-12-31(27,28)14-18)15-26-21(30)25(13-19-4-3-11-29-19)20(23-26)16-5-7-17(22)8-6-16/h5-8,18-19H,2-4,9-15H2,1H3. The molecule has 31 heavy (non-hydrogen) atoms. The van der Waals surface area contributed by atoms with Crippen LogP contribution in [0.15, 0.2) is 24.3 Å². The summed E-state index contributed by atoms with van der Waals surface area (Å²) in [4.78, 5) is 2.16. The van der Waals surface area contributed by atoms with E-state index in [1.807, 2.05) is 4.57 Å². The molecule has 0 N–H and O–H groups in total. The third-order valence-electron chi connectivity index (χ3n) is 5.99. The number of sulfone groups is 1. The van der Waals surface area contributed by atoms with Gasteiger partial charge in [-0.1, -0.05) is 6.92 Å². The molecule has 0 radical (unpaired) electrons. The zero-order valence-corrected chi connectivity index (χ0v) is 19.4. The van der Waals surface area contributed by atoms with Gasteiger partial charge in [0.25, 0.3) is 0 Å². The van der Waals surface area contributed by atoms with Gasteiger partial charge in [-0.3, -0.25) is 9.47 Å². The van der Waals surface area contributed by atoms with Crippen LogP contribution in [0.2, 0.25) is 0 Å². The van der Waals surface area contributed by atoms with E-state index in [9.17, 15) is 12.8 Å². The molecular formula is C21H29FN4O3S2. The number of aromatic nitrogens is 3. The second-order valence-corrected chi connectivity index (χ2v) is 11.0. The minimum atomic E-state index is -2.98. The fourth-order valence-corrected chi connectivity index (χ4v) is 6.41. The molecule has 0 bridgehead atoms. The molecule has 2 atom stereocenters. The second kappa shape index (κ2) is 9.48. The average Bonchev–Trinajstić information content (AvgIpc) is 3.44. The molecule has 0 saturated carbocycles. The fourth-order valence-electron chi connectivity index (χ4n) is 4.39. The van der Waals surface area contributed by atoms with Crippen molar-refractivity contribution in [2.24, 2.45) is 0 Å². The van der Waals surface area contributed by atoms with Crippen molar-refractivity contribution in [2.75, 3.05) is 24.7 Å². The first-order chi connectivity index (χ1) is 14.9. The number of halogens is 1. The van der Waals surface area contributed by atoms with E-state index in [2.05, 4.69) is 11.8 Å². The van der Waals surface area contributed by atoms with E-state index in [1.165, 1.54) is 12.1 Å². The summed E-state index contributed by atoms with van der Waals surface area (Å²) in [5.74, 6) is 0.791. The summed E-state index contributed by atoms with van der Waals surface area (Å²) in [6.07, 6.45) is 3.62. The molecular weight excluding hydrogens is 439 g/mol. The molecule has 170 valence electrons. The predicted molar refractivity (Wildman–Crippen MR) is 119 cm³/mol. The normalized spacial score (nSPS) is 23.1. The molecule has 2 unspecified atom stereocenters. The Hall–Kier alpha value is -1.62. The lowest BCUT2D eigenvalue weighted by Crippen LogP contribution is -2.38. The monoisotopic (exact) mass is 468 g/mol. The van der Waals surface area contributed by atoms with Gasteiger partial charge in [0.15, 0.2) is 20.4 Å². The van der Waals surface area contributed by atoms with Gasteiger partial charge >= 0.3 is 0 Å². The molecule has 4 rings (SSSR count). The summed E-state index contributed by atoms with van der Waals surface area (Å²) in [5.41, 5.74) is 0.787. The van der Waals surface area contributed by atoms with Crippen molar-refractivity contribution in [1.29, 1.82) is 0 Å². The van der Waals surface area contributed by atoms with Crippen LogP contribution in [0.3, 0.4) is 0 Å². The molecule has 2 fully saturated rings. The van der Waals surface area contributed by atoms with Crippen molar-refractivity contribution in [3.8, 4) is 11.4 Å². The maximum Gasteiger partial charge on any atom is 0.199 e. The summed E-state index contributed by atoms with van der Waals surface area (Å²) in [6, 6.07) is 6.22. The highest BCUT2D eigenvalue weighted by Gasteiger charge is 2.32.